The summed E-state index contributed by atoms with van der Waals surface area (Å²) in [7, 11) is 2.05. The highest BCUT2D eigenvalue weighted by atomic mass is 15.5. The average molecular weight is 201 g/mol. The van der Waals surface area contributed by atoms with Crippen molar-refractivity contribution in [2.24, 2.45) is 0 Å². The van der Waals surface area contributed by atoms with Crippen LogP contribution in [-0.2, 0) is 6.42 Å². The van der Waals surface area contributed by atoms with Gasteiger partial charge in [0, 0.05) is 31.3 Å². The van der Waals surface area contributed by atoms with E-state index in [1.165, 1.54) is 5.69 Å². The highest BCUT2D eigenvalue weighted by Crippen LogP contribution is 2.14. The van der Waals surface area contributed by atoms with Crippen molar-refractivity contribution in [2.45, 2.75) is 13.3 Å². The second kappa shape index (κ2) is 4.17. The van der Waals surface area contributed by atoms with Crippen LogP contribution >= 0.6 is 0 Å². The van der Waals surface area contributed by atoms with E-state index in [4.69, 9.17) is 0 Å². The van der Waals surface area contributed by atoms with E-state index >= 15 is 0 Å². The summed E-state index contributed by atoms with van der Waals surface area (Å²) in [5.41, 5.74) is 2.44. The van der Waals surface area contributed by atoms with E-state index in [-0.39, 0.29) is 0 Å². The SMILES string of the molecule is CCc1cccn1N(C)c1ccncc1. The maximum Gasteiger partial charge on any atom is 0.0605 e. The lowest BCUT2D eigenvalue weighted by Crippen LogP contribution is -2.25. The molecule has 2 aromatic rings. The molecule has 78 valence electrons. The van der Waals surface area contributed by atoms with E-state index in [2.05, 4.69) is 47.0 Å². The molecule has 0 amide bonds. The highest BCUT2D eigenvalue weighted by molar-refractivity contribution is 5.43. The predicted octanol–water partition coefficient (Wildman–Crippen LogP) is 2.35. The largest absolute Gasteiger partial charge is 0.285 e. The van der Waals surface area contributed by atoms with Crippen molar-refractivity contribution in [1.29, 1.82) is 0 Å². The van der Waals surface area contributed by atoms with E-state index in [1.807, 2.05) is 12.1 Å². The van der Waals surface area contributed by atoms with Gasteiger partial charge >= 0.3 is 0 Å². The van der Waals surface area contributed by atoms with Gasteiger partial charge in [0.15, 0.2) is 0 Å². The molecule has 3 heteroatoms. The lowest BCUT2D eigenvalue weighted by atomic mass is 10.3. The first-order valence-corrected chi connectivity index (χ1v) is 5.13. The Morgan fingerprint density at radius 2 is 2.00 bits per heavy atom. The Hall–Kier alpha value is -1.77. The van der Waals surface area contributed by atoms with Crippen molar-refractivity contribution in [3.8, 4) is 0 Å². The number of nitrogens with zero attached hydrogens (tertiary/aromatic N) is 3. The van der Waals surface area contributed by atoms with E-state index in [0.29, 0.717) is 0 Å². The second-order valence-electron chi connectivity index (χ2n) is 3.43. The third-order valence-electron chi connectivity index (χ3n) is 2.53. The van der Waals surface area contributed by atoms with Gasteiger partial charge in [-0.3, -0.25) is 14.7 Å². The minimum atomic E-state index is 1.03. The molecule has 2 aromatic heterocycles. The number of hydrogen-bond donors (Lipinski definition) is 0. The fourth-order valence-electron chi connectivity index (χ4n) is 1.66. The van der Waals surface area contributed by atoms with Crippen LogP contribution in [0.1, 0.15) is 12.6 Å². The van der Waals surface area contributed by atoms with Crippen molar-refractivity contribution < 1.29 is 0 Å². The number of aryl methyl sites for hydroxylation is 1. The summed E-state index contributed by atoms with van der Waals surface area (Å²) in [4.78, 5) is 4.02. The quantitative estimate of drug-likeness (QED) is 0.760. The van der Waals surface area contributed by atoms with Crippen LogP contribution in [0.5, 0.6) is 0 Å². The monoisotopic (exact) mass is 201 g/mol. The zero-order chi connectivity index (χ0) is 10.7. The Bertz CT molecular complexity index is 419. The van der Waals surface area contributed by atoms with Crippen LogP contribution < -0.4 is 5.01 Å². The topological polar surface area (TPSA) is 21.1 Å². The summed E-state index contributed by atoms with van der Waals surface area (Å²) < 4.78 is 2.15. The first-order chi connectivity index (χ1) is 7.33. The second-order valence-corrected chi connectivity index (χ2v) is 3.43. The van der Waals surface area contributed by atoms with Gasteiger partial charge in [0.25, 0.3) is 0 Å². The summed E-state index contributed by atoms with van der Waals surface area (Å²) in [6.07, 6.45) is 6.71. The molecule has 0 radical (unpaired) electrons. The van der Waals surface area contributed by atoms with Gasteiger partial charge in [-0.1, -0.05) is 6.92 Å². The molecule has 3 nitrogen and oxygen atoms in total. The van der Waals surface area contributed by atoms with Crippen molar-refractivity contribution in [2.75, 3.05) is 12.1 Å². The maximum absolute atomic E-state index is 4.02. The molecular weight excluding hydrogens is 186 g/mol. The zero-order valence-corrected chi connectivity index (χ0v) is 9.09. The molecule has 0 unspecified atom stereocenters. The number of hydrogen-bond acceptors (Lipinski definition) is 2. The van der Waals surface area contributed by atoms with E-state index in [1.54, 1.807) is 12.4 Å². The van der Waals surface area contributed by atoms with Gasteiger partial charge in [0.1, 0.15) is 0 Å². The van der Waals surface area contributed by atoms with Gasteiger partial charge in [0.05, 0.1) is 5.69 Å². The molecule has 2 heterocycles. The van der Waals surface area contributed by atoms with Crippen molar-refractivity contribution in [3.63, 3.8) is 0 Å². The normalized spacial score (nSPS) is 10.3. The smallest absolute Gasteiger partial charge is 0.0605 e. The summed E-state index contributed by atoms with van der Waals surface area (Å²) >= 11 is 0. The molecule has 0 fully saturated rings. The third kappa shape index (κ3) is 1.86. The molecule has 0 aliphatic heterocycles. The van der Waals surface area contributed by atoms with Crippen LogP contribution in [0, 0.1) is 0 Å². The van der Waals surface area contributed by atoms with Crippen LogP contribution in [0.4, 0.5) is 5.69 Å². The number of pyridine rings is 1. The molecule has 15 heavy (non-hydrogen) atoms. The van der Waals surface area contributed by atoms with Gasteiger partial charge in [-0.05, 0) is 30.7 Å². The van der Waals surface area contributed by atoms with Gasteiger partial charge in [-0.15, -0.1) is 0 Å². The number of aromatic nitrogens is 2. The van der Waals surface area contributed by atoms with E-state index in [0.717, 1.165) is 12.1 Å². The lowest BCUT2D eigenvalue weighted by Gasteiger charge is -2.23. The molecular formula is C12H15N3. The Labute approximate surface area is 90.0 Å². The molecule has 0 aromatic carbocycles. The van der Waals surface area contributed by atoms with Crippen LogP contribution in [0.2, 0.25) is 0 Å². The van der Waals surface area contributed by atoms with Crippen molar-refractivity contribution in [1.82, 2.24) is 9.66 Å². The van der Waals surface area contributed by atoms with Crippen LogP contribution in [0.25, 0.3) is 0 Å². The first-order valence-electron chi connectivity index (χ1n) is 5.13. The Morgan fingerprint density at radius 1 is 1.27 bits per heavy atom. The van der Waals surface area contributed by atoms with Crippen LogP contribution in [0.15, 0.2) is 42.9 Å². The van der Waals surface area contributed by atoms with Gasteiger partial charge in [-0.2, -0.15) is 0 Å². The molecule has 0 saturated carbocycles. The molecule has 0 spiro atoms. The molecule has 0 aliphatic carbocycles. The Morgan fingerprint density at radius 3 is 2.67 bits per heavy atom. The molecule has 0 saturated heterocycles. The van der Waals surface area contributed by atoms with Crippen molar-refractivity contribution in [3.05, 3.63) is 48.5 Å². The fraction of sp³-hybridized carbons (Fsp3) is 0.250. The summed E-state index contributed by atoms with van der Waals surface area (Å²) in [5.74, 6) is 0. The van der Waals surface area contributed by atoms with E-state index < -0.39 is 0 Å². The molecule has 0 atom stereocenters. The Kier molecular flexibility index (Phi) is 2.72. The van der Waals surface area contributed by atoms with Crippen LogP contribution in [-0.4, -0.2) is 16.7 Å². The lowest BCUT2D eigenvalue weighted by molar-refractivity contribution is 0.731. The van der Waals surface area contributed by atoms with Gasteiger partial charge < -0.3 is 0 Å². The molecule has 2 rings (SSSR count). The standard InChI is InChI=1S/C12H15N3/c1-3-11-5-4-10-15(11)14(2)12-6-8-13-9-7-12/h4-10H,3H2,1-2H3. The molecule has 0 aliphatic rings. The summed E-state index contributed by atoms with van der Waals surface area (Å²) in [5, 5.41) is 2.11. The van der Waals surface area contributed by atoms with Crippen LogP contribution in [0.3, 0.4) is 0 Å². The Balaban J connectivity index is 2.32. The zero-order valence-electron chi connectivity index (χ0n) is 9.09. The van der Waals surface area contributed by atoms with Gasteiger partial charge in [-0.25, -0.2) is 0 Å². The summed E-state index contributed by atoms with van der Waals surface area (Å²) in [6.45, 7) is 2.16. The minimum absolute atomic E-state index is 1.03. The maximum atomic E-state index is 4.02. The predicted molar refractivity (Wildman–Crippen MR) is 61.8 cm³/mol. The number of rotatable bonds is 3. The summed E-state index contributed by atoms with van der Waals surface area (Å²) in [6, 6.07) is 8.20. The van der Waals surface area contributed by atoms with Gasteiger partial charge in [0.2, 0.25) is 0 Å². The fourth-order valence-corrected chi connectivity index (χ4v) is 1.66. The van der Waals surface area contributed by atoms with E-state index in [9.17, 15) is 0 Å². The first kappa shape index (κ1) is 9.77. The number of anilines is 1. The minimum Gasteiger partial charge on any atom is -0.285 e. The average Bonchev–Trinajstić information content (AvgIpc) is 2.77. The highest BCUT2D eigenvalue weighted by Gasteiger charge is 2.04. The molecule has 0 N–H and O–H groups in total. The molecule has 0 bridgehead atoms. The third-order valence-corrected chi connectivity index (χ3v) is 2.53. The van der Waals surface area contributed by atoms with Crippen molar-refractivity contribution >= 4 is 5.69 Å².